The summed E-state index contributed by atoms with van der Waals surface area (Å²) in [5, 5.41) is 2.18. The van der Waals surface area contributed by atoms with Crippen molar-refractivity contribution in [2.75, 3.05) is 5.33 Å². The van der Waals surface area contributed by atoms with Gasteiger partial charge in [0, 0.05) is 17.9 Å². The minimum Gasteiger partial charge on any atom is -0.249 e. The second kappa shape index (κ2) is 4.71. The Balaban J connectivity index is 2.25. The van der Waals surface area contributed by atoms with Gasteiger partial charge in [0.15, 0.2) is 0 Å². The molecule has 0 unspecified atom stereocenters. The Hall–Kier alpha value is -0.670. The van der Waals surface area contributed by atoms with E-state index < -0.39 is 0 Å². The molecule has 0 aliphatic carbocycles. The zero-order valence-corrected chi connectivity index (χ0v) is 10.0. The normalized spacial score (nSPS) is 10.4. The third-order valence-electron chi connectivity index (χ3n) is 1.92. The molecule has 0 aliphatic rings. The number of aromatic nitrogens is 1. The van der Waals surface area contributed by atoms with Crippen LogP contribution < -0.4 is 0 Å². The summed E-state index contributed by atoms with van der Waals surface area (Å²) in [4.78, 5) is 5.62. The van der Waals surface area contributed by atoms with E-state index in [1.807, 2.05) is 12.3 Å². The Morgan fingerprint density at radius 3 is 2.71 bits per heavy atom. The van der Waals surface area contributed by atoms with Crippen LogP contribution in [0.15, 0.2) is 36.5 Å². The lowest BCUT2D eigenvalue weighted by molar-refractivity contribution is 1.12. The smallest absolute Gasteiger partial charge is 0.0939 e. The molecule has 0 saturated carbocycles. The maximum atomic E-state index is 4.37. The van der Waals surface area contributed by atoms with Crippen molar-refractivity contribution in [1.82, 2.24) is 4.98 Å². The van der Waals surface area contributed by atoms with Crippen molar-refractivity contribution < 1.29 is 0 Å². The largest absolute Gasteiger partial charge is 0.249 e. The van der Waals surface area contributed by atoms with Gasteiger partial charge in [-0.05, 0) is 5.56 Å². The molecule has 3 heteroatoms. The highest BCUT2D eigenvalue weighted by Crippen LogP contribution is 2.25. The van der Waals surface area contributed by atoms with E-state index in [4.69, 9.17) is 0 Å². The Bertz CT molecular complexity index is 397. The van der Waals surface area contributed by atoms with Gasteiger partial charge in [-0.2, -0.15) is 0 Å². The summed E-state index contributed by atoms with van der Waals surface area (Å²) >= 11 is 5.19. The van der Waals surface area contributed by atoms with Crippen LogP contribution in [0.1, 0.15) is 5.01 Å². The van der Waals surface area contributed by atoms with E-state index >= 15 is 0 Å². The molecule has 72 valence electrons. The lowest BCUT2D eigenvalue weighted by Crippen LogP contribution is -1.80. The zero-order valence-electron chi connectivity index (χ0n) is 7.61. The van der Waals surface area contributed by atoms with E-state index in [0.717, 1.165) is 11.8 Å². The van der Waals surface area contributed by atoms with Crippen molar-refractivity contribution in [3.05, 3.63) is 41.5 Å². The maximum absolute atomic E-state index is 4.37. The van der Waals surface area contributed by atoms with Crippen LogP contribution in [0.4, 0.5) is 0 Å². The fourth-order valence-corrected chi connectivity index (χ4v) is 2.80. The average molecular weight is 268 g/mol. The molecule has 0 bridgehead atoms. The first-order chi connectivity index (χ1) is 6.90. The molecule has 14 heavy (non-hydrogen) atoms. The van der Waals surface area contributed by atoms with Gasteiger partial charge in [0.05, 0.1) is 9.88 Å². The van der Waals surface area contributed by atoms with Gasteiger partial charge in [-0.25, -0.2) is 4.98 Å². The number of thiazole rings is 1. The van der Waals surface area contributed by atoms with Crippen molar-refractivity contribution in [3.8, 4) is 10.4 Å². The molecule has 2 aromatic rings. The number of rotatable bonds is 3. The second-order valence-electron chi connectivity index (χ2n) is 2.92. The molecule has 1 aromatic heterocycles. The molecule has 0 amide bonds. The van der Waals surface area contributed by atoms with E-state index in [1.165, 1.54) is 15.4 Å². The number of hydrogen-bond donors (Lipinski definition) is 0. The van der Waals surface area contributed by atoms with Crippen molar-refractivity contribution in [3.63, 3.8) is 0 Å². The zero-order chi connectivity index (χ0) is 9.80. The van der Waals surface area contributed by atoms with E-state index in [1.54, 1.807) is 11.3 Å². The van der Waals surface area contributed by atoms with Crippen LogP contribution in [-0.2, 0) is 6.42 Å². The predicted molar refractivity (Wildman–Crippen MR) is 65.0 cm³/mol. The summed E-state index contributed by atoms with van der Waals surface area (Å²) in [5.41, 5.74) is 1.26. The molecule has 2 rings (SSSR count). The number of halogens is 1. The topological polar surface area (TPSA) is 12.9 Å². The summed E-state index contributed by atoms with van der Waals surface area (Å²) in [6.45, 7) is 0. The first kappa shape index (κ1) is 9.87. The van der Waals surface area contributed by atoms with Gasteiger partial charge in [0.1, 0.15) is 0 Å². The Morgan fingerprint density at radius 2 is 2.00 bits per heavy atom. The Labute approximate surface area is 95.9 Å². The minimum atomic E-state index is 0.981. The first-order valence-corrected chi connectivity index (χ1v) is 6.40. The quantitative estimate of drug-likeness (QED) is 0.772. The van der Waals surface area contributed by atoms with Gasteiger partial charge in [0.25, 0.3) is 0 Å². The number of nitrogens with zero attached hydrogens (tertiary/aromatic N) is 1. The van der Waals surface area contributed by atoms with Crippen LogP contribution in [0.2, 0.25) is 0 Å². The number of hydrogen-bond acceptors (Lipinski definition) is 2. The summed E-state index contributed by atoms with van der Waals surface area (Å²) in [5.74, 6) is 0. The van der Waals surface area contributed by atoms with Crippen LogP contribution in [0.3, 0.4) is 0 Å². The lowest BCUT2D eigenvalue weighted by Gasteiger charge is -1.93. The lowest BCUT2D eigenvalue weighted by atomic mass is 10.2. The molecular weight excluding hydrogens is 258 g/mol. The molecule has 0 N–H and O–H groups in total. The predicted octanol–water partition coefficient (Wildman–Crippen LogP) is 3.75. The summed E-state index contributed by atoms with van der Waals surface area (Å²) in [6, 6.07) is 10.4. The fraction of sp³-hybridized carbons (Fsp3) is 0.182. The Morgan fingerprint density at radius 1 is 1.21 bits per heavy atom. The first-order valence-electron chi connectivity index (χ1n) is 4.46. The molecule has 0 spiro atoms. The molecule has 0 atom stereocenters. The average Bonchev–Trinajstić information content (AvgIpc) is 2.68. The SMILES string of the molecule is BrCCc1ncc(-c2ccccc2)s1. The van der Waals surface area contributed by atoms with Crippen molar-refractivity contribution >= 4 is 27.3 Å². The molecule has 0 radical (unpaired) electrons. The van der Waals surface area contributed by atoms with Gasteiger partial charge < -0.3 is 0 Å². The molecule has 0 aliphatic heterocycles. The highest BCUT2D eigenvalue weighted by Gasteiger charge is 2.02. The van der Waals surface area contributed by atoms with E-state index in [2.05, 4.69) is 45.2 Å². The molecule has 1 heterocycles. The number of alkyl halides is 1. The molecule has 0 fully saturated rings. The Kier molecular flexibility index (Phi) is 3.32. The summed E-state index contributed by atoms with van der Waals surface area (Å²) < 4.78 is 0. The number of benzene rings is 1. The van der Waals surface area contributed by atoms with Gasteiger partial charge in [-0.3, -0.25) is 0 Å². The van der Waals surface area contributed by atoms with Gasteiger partial charge >= 0.3 is 0 Å². The van der Waals surface area contributed by atoms with E-state index in [9.17, 15) is 0 Å². The third kappa shape index (κ3) is 2.22. The second-order valence-corrected chi connectivity index (χ2v) is 4.83. The van der Waals surface area contributed by atoms with Crippen LogP contribution >= 0.6 is 27.3 Å². The van der Waals surface area contributed by atoms with Gasteiger partial charge in [-0.15, -0.1) is 11.3 Å². The highest BCUT2D eigenvalue weighted by molar-refractivity contribution is 9.09. The molecule has 1 aromatic carbocycles. The van der Waals surface area contributed by atoms with Crippen LogP contribution in [0, 0.1) is 0 Å². The monoisotopic (exact) mass is 267 g/mol. The molecule has 0 saturated heterocycles. The van der Waals surface area contributed by atoms with Crippen molar-refractivity contribution in [2.24, 2.45) is 0 Å². The van der Waals surface area contributed by atoms with E-state index in [-0.39, 0.29) is 0 Å². The van der Waals surface area contributed by atoms with Crippen LogP contribution in [-0.4, -0.2) is 10.3 Å². The summed E-state index contributed by atoms with van der Waals surface area (Å²) in [6.07, 6.45) is 2.97. The highest BCUT2D eigenvalue weighted by atomic mass is 79.9. The van der Waals surface area contributed by atoms with Crippen molar-refractivity contribution in [2.45, 2.75) is 6.42 Å². The molecule has 1 nitrogen and oxygen atoms in total. The third-order valence-corrected chi connectivity index (χ3v) is 3.42. The summed E-state index contributed by atoms with van der Waals surface area (Å²) in [7, 11) is 0. The van der Waals surface area contributed by atoms with E-state index in [0.29, 0.717) is 0 Å². The molecular formula is C11H10BrNS. The standard InChI is InChI=1S/C11H10BrNS/c12-7-6-11-13-8-10(14-11)9-4-2-1-3-5-9/h1-5,8H,6-7H2. The fourth-order valence-electron chi connectivity index (χ4n) is 1.24. The van der Waals surface area contributed by atoms with Gasteiger partial charge in [0.2, 0.25) is 0 Å². The van der Waals surface area contributed by atoms with Gasteiger partial charge in [-0.1, -0.05) is 46.3 Å². The van der Waals surface area contributed by atoms with Crippen molar-refractivity contribution in [1.29, 1.82) is 0 Å². The minimum absolute atomic E-state index is 0.981. The maximum Gasteiger partial charge on any atom is 0.0939 e. The van der Waals surface area contributed by atoms with Crippen LogP contribution in [0.5, 0.6) is 0 Å². The van der Waals surface area contributed by atoms with Crippen LogP contribution in [0.25, 0.3) is 10.4 Å². The number of aryl methyl sites for hydroxylation is 1.